The third kappa shape index (κ3) is 6.98. The third-order valence-corrected chi connectivity index (χ3v) is 4.55. The van der Waals surface area contributed by atoms with Crippen molar-refractivity contribution in [2.45, 2.75) is 38.8 Å². The quantitative estimate of drug-likeness (QED) is 0.583. The van der Waals surface area contributed by atoms with Crippen LogP contribution in [0, 0.1) is 5.82 Å². The molecule has 0 saturated heterocycles. The first-order valence-corrected chi connectivity index (χ1v) is 9.92. The average molecular weight is 400 g/mol. The number of hydrogen-bond donors (Lipinski definition) is 1. The summed E-state index contributed by atoms with van der Waals surface area (Å²) in [4.78, 5) is 27.6. The molecule has 0 spiro atoms. The van der Waals surface area contributed by atoms with E-state index >= 15 is 0 Å². The van der Waals surface area contributed by atoms with Gasteiger partial charge in [-0.25, -0.2) is 4.39 Å². The van der Waals surface area contributed by atoms with Crippen LogP contribution >= 0.6 is 0 Å². The Labute approximate surface area is 171 Å². The predicted molar refractivity (Wildman–Crippen MR) is 111 cm³/mol. The Morgan fingerprint density at radius 3 is 2.41 bits per heavy atom. The molecule has 0 saturated carbocycles. The summed E-state index contributed by atoms with van der Waals surface area (Å²) in [6.07, 6.45) is 1.70. The van der Waals surface area contributed by atoms with Crippen LogP contribution in [0.15, 0.2) is 54.6 Å². The molecule has 0 aliphatic rings. The zero-order valence-corrected chi connectivity index (χ0v) is 17.1. The lowest BCUT2D eigenvalue weighted by Gasteiger charge is -2.31. The molecule has 2 amide bonds. The molecule has 2 rings (SSSR count). The van der Waals surface area contributed by atoms with Gasteiger partial charge in [0.2, 0.25) is 11.8 Å². The first kappa shape index (κ1) is 22.6. The Kier molecular flexibility index (Phi) is 9.31. The Morgan fingerprint density at radius 1 is 1.10 bits per heavy atom. The second-order valence-electron chi connectivity index (χ2n) is 6.85. The van der Waals surface area contributed by atoms with Crippen LogP contribution in [0.5, 0.6) is 0 Å². The average Bonchev–Trinajstić information content (AvgIpc) is 2.73. The van der Waals surface area contributed by atoms with Crippen molar-refractivity contribution < 1.29 is 18.7 Å². The van der Waals surface area contributed by atoms with Gasteiger partial charge in [-0.2, -0.15) is 0 Å². The maximum absolute atomic E-state index is 13.3. The number of nitrogens with zero attached hydrogens (tertiary/aromatic N) is 1. The molecule has 2 aromatic rings. The number of hydrogen-bond acceptors (Lipinski definition) is 3. The van der Waals surface area contributed by atoms with Crippen LogP contribution < -0.4 is 5.32 Å². The van der Waals surface area contributed by atoms with E-state index in [4.69, 9.17) is 4.74 Å². The van der Waals surface area contributed by atoms with Gasteiger partial charge in [0.1, 0.15) is 11.9 Å². The number of nitrogens with one attached hydrogen (secondary N) is 1. The molecule has 0 bridgehead atoms. The summed E-state index contributed by atoms with van der Waals surface area (Å²) in [6, 6.07) is 14.5. The van der Waals surface area contributed by atoms with E-state index in [1.807, 2.05) is 37.3 Å². The van der Waals surface area contributed by atoms with E-state index in [9.17, 15) is 14.0 Å². The van der Waals surface area contributed by atoms with Gasteiger partial charge in [0.25, 0.3) is 0 Å². The molecule has 0 aliphatic heterocycles. The van der Waals surface area contributed by atoms with Crippen molar-refractivity contribution in [2.24, 2.45) is 0 Å². The summed E-state index contributed by atoms with van der Waals surface area (Å²) < 4.78 is 18.3. The number of methoxy groups -OCH3 is 1. The van der Waals surface area contributed by atoms with E-state index in [0.717, 1.165) is 11.1 Å². The van der Waals surface area contributed by atoms with E-state index in [2.05, 4.69) is 5.32 Å². The third-order valence-electron chi connectivity index (χ3n) is 4.55. The topological polar surface area (TPSA) is 58.6 Å². The molecule has 6 heteroatoms. The highest BCUT2D eigenvalue weighted by atomic mass is 19.1. The molecule has 1 N–H and O–H groups in total. The molecule has 5 nitrogen and oxygen atoms in total. The molecule has 0 unspecified atom stereocenters. The number of benzene rings is 2. The molecule has 156 valence electrons. The van der Waals surface area contributed by atoms with Gasteiger partial charge in [0.05, 0.1) is 0 Å². The Balaban J connectivity index is 2.32. The predicted octanol–water partition coefficient (Wildman–Crippen LogP) is 3.85. The molecule has 0 heterocycles. The summed E-state index contributed by atoms with van der Waals surface area (Å²) in [7, 11) is 1.61. The summed E-state index contributed by atoms with van der Waals surface area (Å²) in [6.45, 7) is 3.16. The van der Waals surface area contributed by atoms with Crippen LogP contribution in [0.4, 0.5) is 4.39 Å². The van der Waals surface area contributed by atoms with Crippen molar-refractivity contribution in [2.75, 3.05) is 20.3 Å². The Hall–Kier alpha value is -2.73. The lowest BCUT2D eigenvalue weighted by Crippen LogP contribution is -2.43. The normalized spacial score (nSPS) is 11.7. The fourth-order valence-corrected chi connectivity index (χ4v) is 3.10. The van der Waals surface area contributed by atoms with Gasteiger partial charge in [-0.3, -0.25) is 9.59 Å². The van der Waals surface area contributed by atoms with E-state index in [1.165, 1.54) is 12.1 Å². The molecule has 0 aliphatic carbocycles. The summed E-state index contributed by atoms with van der Waals surface area (Å²) in [5, 5.41) is 2.92. The van der Waals surface area contributed by atoms with Crippen LogP contribution in [0.2, 0.25) is 0 Å². The SMILES string of the molecule is CCCC(=O)N(Cc1ccc(F)cc1)[C@@H](C(=O)NCCCOC)c1ccccc1. The van der Waals surface area contributed by atoms with Crippen molar-refractivity contribution >= 4 is 11.8 Å². The second-order valence-corrected chi connectivity index (χ2v) is 6.85. The molecule has 0 radical (unpaired) electrons. The Bertz CT molecular complexity index is 765. The first-order chi connectivity index (χ1) is 14.1. The number of rotatable bonds is 11. The van der Waals surface area contributed by atoms with Crippen molar-refractivity contribution in [1.82, 2.24) is 10.2 Å². The molecular weight excluding hydrogens is 371 g/mol. The lowest BCUT2D eigenvalue weighted by molar-refractivity contribution is -0.141. The van der Waals surface area contributed by atoms with Gasteiger partial charge in [0, 0.05) is 33.2 Å². The van der Waals surface area contributed by atoms with E-state index < -0.39 is 6.04 Å². The van der Waals surface area contributed by atoms with Crippen LogP contribution in [0.25, 0.3) is 0 Å². The van der Waals surface area contributed by atoms with Crippen LogP contribution in [0.3, 0.4) is 0 Å². The van der Waals surface area contributed by atoms with Crippen LogP contribution in [0.1, 0.15) is 43.4 Å². The van der Waals surface area contributed by atoms with Crippen LogP contribution in [-0.4, -0.2) is 37.0 Å². The minimum Gasteiger partial charge on any atom is -0.385 e. The van der Waals surface area contributed by atoms with Crippen LogP contribution in [-0.2, 0) is 20.9 Å². The molecule has 29 heavy (non-hydrogen) atoms. The second kappa shape index (κ2) is 12.0. The monoisotopic (exact) mass is 400 g/mol. The number of carbonyl (C=O) groups excluding carboxylic acids is 2. The van der Waals surface area contributed by atoms with Crippen molar-refractivity contribution in [3.8, 4) is 0 Å². The van der Waals surface area contributed by atoms with Crippen molar-refractivity contribution in [3.63, 3.8) is 0 Å². The fourth-order valence-electron chi connectivity index (χ4n) is 3.10. The molecule has 2 aromatic carbocycles. The van der Waals surface area contributed by atoms with Gasteiger partial charge in [-0.05, 0) is 36.1 Å². The number of carbonyl (C=O) groups is 2. The molecular formula is C23H29FN2O3. The first-order valence-electron chi connectivity index (χ1n) is 9.92. The highest BCUT2D eigenvalue weighted by Crippen LogP contribution is 2.25. The Morgan fingerprint density at radius 2 is 1.79 bits per heavy atom. The summed E-state index contributed by atoms with van der Waals surface area (Å²) in [5.74, 6) is -0.688. The lowest BCUT2D eigenvalue weighted by atomic mass is 10.0. The zero-order chi connectivity index (χ0) is 21.1. The standard InChI is InChI=1S/C23H29FN2O3/c1-3-8-21(27)26(17-18-11-13-20(24)14-12-18)22(19-9-5-4-6-10-19)23(28)25-15-7-16-29-2/h4-6,9-14,22H,3,7-8,15-17H2,1-2H3,(H,25,28)/t22-/m1/s1. The number of amides is 2. The van der Waals surface area contributed by atoms with Crippen molar-refractivity contribution in [1.29, 1.82) is 0 Å². The smallest absolute Gasteiger partial charge is 0.247 e. The molecule has 0 aromatic heterocycles. The highest BCUT2D eigenvalue weighted by Gasteiger charge is 2.30. The minimum absolute atomic E-state index is 0.113. The van der Waals surface area contributed by atoms with Gasteiger partial charge in [-0.15, -0.1) is 0 Å². The van der Waals surface area contributed by atoms with Gasteiger partial charge in [0.15, 0.2) is 0 Å². The number of halogens is 1. The molecule has 0 fully saturated rings. The maximum Gasteiger partial charge on any atom is 0.247 e. The fraction of sp³-hybridized carbons (Fsp3) is 0.391. The number of ether oxygens (including phenoxy) is 1. The summed E-state index contributed by atoms with van der Waals surface area (Å²) >= 11 is 0. The molecule has 1 atom stereocenters. The van der Waals surface area contributed by atoms with Gasteiger partial charge >= 0.3 is 0 Å². The van der Waals surface area contributed by atoms with E-state index in [1.54, 1.807) is 24.1 Å². The van der Waals surface area contributed by atoms with Gasteiger partial charge in [-0.1, -0.05) is 49.4 Å². The van der Waals surface area contributed by atoms with E-state index in [-0.39, 0.29) is 24.2 Å². The van der Waals surface area contributed by atoms with Gasteiger partial charge < -0.3 is 15.0 Å². The maximum atomic E-state index is 13.3. The highest BCUT2D eigenvalue weighted by molar-refractivity contribution is 5.88. The van der Waals surface area contributed by atoms with E-state index in [0.29, 0.717) is 32.4 Å². The minimum atomic E-state index is -0.761. The largest absolute Gasteiger partial charge is 0.385 e. The summed E-state index contributed by atoms with van der Waals surface area (Å²) in [5.41, 5.74) is 1.51. The zero-order valence-electron chi connectivity index (χ0n) is 17.1. The van der Waals surface area contributed by atoms with Crippen molar-refractivity contribution in [3.05, 3.63) is 71.5 Å².